The van der Waals surface area contributed by atoms with Crippen LogP contribution >= 0.6 is 0 Å². The van der Waals surface area contributed by atoms with E-state index >= 15 is 0 Å². The van der Waals surface area contributed by atoms with Gasteiger partial charge in [0.25, 0.3) is 0 Å². The van der Waals surface area contributed by atoms with Crippen LogP contribution in [0.2, 0.25) is 0 Å². The lowest BCUT2D eigenvalue weighted by molar-refractivity contribution is 0.295. The van der Waals surface area contributed by atoms with Crippen molar-refractivity contribution in [2.24, 2.45) is 0 Å². The largest absolute Gasteiger partial charge is 0.479 e. The molecule has 0 fully saturated rings. The minimum Gasteiger partial charge on any atom is -0.479 e. The summed E-state index contributed by atoms with van der Waals surface area (Å²) in [6.45, 7) is 9.86. The van der Waals surface area contributed by atoms with Gasteiger partial charge in [-0.25, -0.2) is 4.98 Å². The molecule has 1 aromatic rings. The van der Waals surface area contributed by atoms with Crippen molar-refractivity contribution in [3.05, 3.63) is 6.33 Å². The smallest absolute Gasteiger partial charge is 0.242 e. The monoisotopic (exact) mass is 281 g/mol. The number of ether oxygens (including phenoxy) is 1. The van der Waals surface area contributed by atoms with Crippen molar-refractivity contribution < 1.29 is 4.74 Å². The summed E-state index contributed by atoms with van der Waals surface area (Å²) < 4.78 is 5.09. The number of nitrogens with two attached hydrogens (primary N) is 1. The van der Waals surface area contributed by atoms with Crippen LogP contribution in [0.1, 0.15) is 33.6 Å². The summed E-state index contributed by atoms with van der Waals surface area (Å²) in [6.07, 6.45) is 3.68. The van der Waals surface area contributed by atoms with Gasteiger partial charge in [0.15, 0.2) is 5.82 Å². The Kier molecular flexibility index (Phi) is 7.08. The Hall–Kier alpha value is -1.56. The van der Waals surface area contributed by atoms with E-state index in [9.17, 15) is 0 Å². The van der Waals surface area contributed by atoms with Crippen molar-refractivity contribution >= 4 is 11.5 Å². The van der Waals surface area contributed by atoms with Crippen LogP contribution in [-0.2, 0) is 0 Å². The highest BCUT2D eigenvalue weighted by Gasteiger charge is 2.11. The molecular weight excluding hydrogens is 254 g/mol. The third-order valence-electron chi connectivity index (χ3n) is 3.43. The zero-order valence-corrected chi connectivity index (χ0v) is 13.0. The van der Waals surface area contributed by atoms with Gasteiger partial charge < -0.3 is 20.7 Å². The van der Waals surface area contributed by atoms with Crippen molar-refractivity contribution in [3.63, 3.8) is 0 Å². The van der Waals surface area contributed by atoms with E-state index in [1.54, 1.807) is 7.11 Å². The summed E-state index contributed by atoms with van der Waals surface area (Å²) in [5.74, 6) is 1.06. The third kappa shape index (κ3) is 4.85. The normalized spacial score (nSPS) is 12.4. The highest BCUT2D eigenvalue weighted by Crippen LogP contribution is 2.24. The minimum absolute atomic E-state index is 0.312. The highest BCUT2D eigenvalue weighted by atomic mass is 16.5. The predicted octanol–water partition coefficient (Wildman–Crippen LogP) is 1.99. The van der Waals surface area contributed by atoms with Crippen LogP contribution in [0.4, 0.5) is 11.5 Å². The molecular formula is C14H27N5O. The fourth-order valence-corrected chi connectivity index (χ4v) is 2.12. The van der Waals surface area contributed by atoms with Crippen LogP contribution in [0, 0.1) is 0 Å². The molecule has 1 rings (SSSR count). The summed E-state index contributed by atoms with van der Waals surface area (Å²) in [5, 5.41) is 3.32. The first-order valence-electron chi connectivity index (χ1n) is 7.25. The third-order valence-corrected chi connectivity index (χ3v) is 3.43. The van der Waals surface area contributed by atoms with Crippen LogP contribution in [0.25, 0.3) is 0 Å². The Morgan fingerprint density at radius 1 is 1.35 bits per heavy atom. The molecule has 0 aliphatic heterocycles. The van der Waals surface area contributed by atoms with Crippen molar-refractivity contribution in [1.29, 1.82) is 0 Å². The SMILES string of the molecule is CCN(CC)CCCC(C)Nc1ncnc(OC)c1N. The van der Waals surface area contributed by atoms with Crippen molar-refractivity contribution in [2.75, 3.05) is 37.8 Å². The fraction of sp³-hybridized carbons (Fsp3) is 0.714. The van der Waals surface area contributed by atoms with E-state index in [0.717, 1.165) is 32.5 Å². The Bertz CT molecular complexity index is 395. The lowest BCUT2D eigenvalue weighted by atomic mass is 10.1. The second-order valence-corrected chi connectivity index (χ2v) is 4.86. The maximum atomic E-state index is 5.94. The van der Waals surface area contributed by atoms with Crippen LogP contribution in [0.5, 0.6) is 5.88 Å². The standard InChI is InChI=1S/C14H27N5O/c1-5-19(6-2)9-7-8-11(3)18-13-12(15)14(20-4)17-10-16-13/h10-11H,5-9,15H2,1-4H3,(H,16,17,18). The number of methoxy groups -OCH3 is 1. The molecule has 0 aliphatic carbocycles. The summed E-state index contributed by atoms with van der Waals surface area (Å²) in [6, 6.07) is 0.312. The number of rotatable bonds is 9. The number of nitrogens with one attached hydrogen (secondary N) is 1. The van der Waals surface area contributed by atoms with E-state index in [-0.39, 0.29) is 0 Å². The van der Waals surface area contributed by atoms with Gasteiger partial charge in [0.05, 0.1) is 7.11 Å². The first-order chi connectivity index (χ1) is 9.62. The maximum Gasteiger partial charge on any atom is 0.242 e. The van der Waals surface area contributed by atoms with E-state index in [2.05, 4.69) is 41.0 Å². The van der Waals surface area contributed by atoms with Gasteiger partial charge in [-0.1, -0.05) is 13.8 Å². The Morgan fingerprint density at radius 2 is 2.05 bits per heavy atom. The van der Waals surface area contributed by atoms with Gasteiger partial charge in [-0.2, -0.15) is 4.98 Å². The number of anilines is 2. The summed E-state index contributed by atoms with van der Waals surface area (Å²) >= 11 is 0. The molecule has 0 amide bonds. The first-order valence-corrected chi connectivity index (χ1v) is 7.25. The molecule has 1 aromatic heterocycles. The summed E-state index contributed by atoms with van der Waals surface area (Å²) in [5.41, 5.74) is 6.40. The van der Waals surface area contributed by atoms with Crippen molar-refractivity contribution in [1.82, 2.24) is 14.9 Å². The van der Waals surface area contributed by atoms with Gasteiger partial charge in [-0.15, -0.1) is 0 Å². The molecule has 1 unspecified atom stereocenters. The van der Waals surface area contributed by atoms with Crippen molar-refractivity contribution in [3.8, 4) is 5.88 Å². The van der Waals surface area contributed by atoms with Gasteiger partial charge in [0, 0.05) is 6.04 Å². The highest BCUT2D eigenvalue weighted by molar-refractivity contribution is 5.66. The molecule has 1 atom stereocenters. The summed E-state index contributed by atoms with van der Waals surface area (Å²) in [4.78, 5) is 10.6. The maximum absolute atomic E-state index is 5.94. The molecule has 1 heterocycles. The zero-order chi connectivity index (χ0) is 15.0. The number of hydrogen-bond donors (Lipinski definition) is 2. The van der Waals surface area contributed by atoms with Crippen LogP contribution in [0.15, 0.2) is 6.33 Å². The second kappa shape index (κ2) is 8.58. The van der Waals surface area contributed by atoms with Crippen LogP contribution in [-0.4, -0.2) is 47.7 Å². The average molecular weight is 281 g/mol. The topological polar surface area (TPSA) is 76.3 Å². The number of nitrogen functional groups attached to an aromatic ring is 1. The predicted molar refractivity (Wildman–Crippen MR) is 83.1 cm³/mol. The molecule has 0 radical (unpaired) electrons. The van der Waals surface area contributed by atoms with E-state index in [1.807, 2.05) is 0 Å². The molecule has 114 valence electrons. The molecule has 6 nitrogen and oxygen atoms in total. The Balaban J connectivity index is 2.44. The van der Waals surface area contributed by atoms with Gasteiger partial charge in [-0.05, 0) is 39.4 Å². The Labute approximate surface area is 121 Å². The lowest BCUT2D eigenvalue weighted by Crippen LogP contribution is -2.26. The zero-order valence-electron chi connectivity index (χ0n) is 13.0. The molecule has 3 N–H and O–H groups in total. The van der Waals surface area contributed by atoms with Gasteiger partial charge in [-0.3, -0.25) is 0 Å². The van der Waals surface area contributed by atoms with Gasteiger partial charge >= 0.3 is 0 Å². The van der Waals surface area contributed by atoms with E-state index in [1.165, 1.54) is 6.33 Å². The molecule has 0 aliphatic rings. The minimum atomic E-state index is 0.312. The van der Waals surface area contributed by atoms with Gasteiger partial charge in [0.1, 0.15) is 12.0 Å². The molecule has 0 bridgehead atoms. The van der Waals surface area contributed by atoms with E-state index in [4.69, 9.17) is 10.5 Å². The van der Waals surface area contributed by atoms with Crippen molar-refractivity contribution in [2.45, 2.75) is 39.7 Å². The van der Waals surface area contributed by atoms with Gasteiger partial charge in [0.2, 0.25) is 5.88 Å². The molecule has 0 saturated heterocycles. The molecule has 20 heavy (non-hydrogen) atoms. The van der Waals surface area contributed by atoms with Crippen LogP contribution in [0.3, 0.4) is 0 Å². The number of nitrogens with zero attached hydrogens (tertiary/aromatic N) is 3. The number of aromatic nitrogens is 2. The average Bonchev–Trinajstić information content (AvgIpc) is 2.46. The van der Waals surface area contributed by atoms with E-state index in [0.29, 0.717) is 23.4 Å². The number of hydrogen-bond acceptors (Lipinski definition) is 6. The van der Waals surface area contributed by atoms with Crippen LogP contribution < -0.4 is 15.8 Å². The molecule has 0 aromatic carbocycles. The van der Waals surface area contributed by atoms with E-state index < -0.39 is 0 Å². The Morgan fingerprint density at radius 3 is 2.65 bits per heavy atom. The molecule has 0 spiro atoms. The lowest BCUT2D eigenvalue weighted by Gasteiger charge is -2.20. The fourth-order valence-electron chi connectivity index (χ4n) is 2.12. The molecule has 6 heteroatoms. The first kappa shape index (κ1) is 16.5. The second-order valence-electron chi connectivity index (χ2n) is 4.86. The summed E-state index contributed by atoms with van der Waals surface area (Å²) in [7, 11) is 1.55. The molecule has 0 saturated carbocycles. The quantitative estimate of drug-likeness (QED) is 0.721.